The number of hydrogen-bond donors (Lipinski definition) is 1. The third kappa shape index (κ3) is 5.48. The van der Waals surface area contributed by atoms with Gasteiger partial charge < -0.3 is 15.4 Å². The Morgan fingerprint density at radius 3 is 2.55 bits per heavy atom. The molecule has 1 atom stereocenters. The number of carbonyl (C=O) groups excluding carboxylic acids is 1. The molecule has 6 heteroatoms. The normalized spacial score (nSPS) is 16.4. The summed E-state index contributed by atoms with van der Waals surface area (Å²) in [6, 6.07) is 11.0. The molecular weight excluding hydrogens is 364 g/mol. The van der Waals surface area contributed by atoms with E-state index in [9.17, 15) is 4.79 Å². The minimum atomic E-state index is -0.230. The number of rotatable bonds is 8. The first-order valence-corrected chi connectivity index (χ1v) is 10.3. The molecule has 0 aliphatic carbocycles. The van der Waals surface area contributed by atoms with Gasteiger partial charge in [-0.2, -0.15) is 0 Å². The van der Waals surface area contributed by atoms with Crippen LogP contribution in [0.5, 0.6) is 5.75 Å². The second-order valence-electron chi connectivity index (χ2n) is 7.91. The van der Waals surface area contributed by atoms with Crippen LogP contribution in [-0.2, 0) is 11.3 Å². The lowest BCUT2D eigenvalue weighted by atomic mass is 9.99. The Morgan fingerprint density at radius 2 is 1.97 bits per heavy atom. The molecule has 0 spiro atoms. The van der Waals surface area contributed by atoms with E-state index in [4.69, 9.17) is 10.5 Å². The molecule has 6 nitrogen and oxygen atoms in total. The van der Waals surface area contributed by atoms with Crippen LogP contribution in [0.25, 0.3) is 0 Å². The van der Waals surface area contributed by atoms with E-state index in [1.165, 1.54) is 16.8 Å². The maximum Gasteiger partial charge on any atom is 0.218 e. The van der Waals surface area contributed by atoms with E-state index in [0.717, 1.165) is 38.2 Å². The number of amides is 1. The molecule has 0 bridgehead atoms. The van der Waals surface area contributed by atoms with Gasteiger partial charge in [0.1, 0.15) is 5.75 Å². The lowest BCUT2D eigenvalue weighted by Gasteiger charge is -2.41. The van der Waals surface area contributed by atoms with Crippen LogP contribution in [0.1, 0.15) is 37.3 Å². The Balaban J connectivity index is 1.76. The molecule has 1 aromatic heterocycles. The number of piperidine rings is 1. The molecule has 156 valence electrons. The average molecular weight is 397 g/mol. The molecule has 1 aliphatic rings. The molecule has 0 unspecified atom stereocenters. The predicted molar refractivity (Wildman–Crippen MR) is 116 cm³/mol. The topological polar surface area (TPSA) is 71.7 Å². The number of aryl methyl sites for hydroxylation is 1. The summed E-state index contributed by atoms with van der Waals surface area (Å²) in [6.45, 7) is 6.99. The zero-order valence-corrected chi connectivity index (χ0v) is 17.7. The molecule has 2 aromatic rings. The van der Waals surface area contributed by atoms with Crippen LogP contribution in [0.3, 0.4) is 0 Å². The lowest BCUT2D eigenvalue weighted by Crippen LogP contribution is -2.48. The van der Waals surface area contributed by atoms with Crippen molar-refractivity contribution in [2.24, 2.45) is 5.73 Å². The Bertz CT molecular complexity index is 801. The van der Waals surface area contributed by atoms with Gasteiger partial charge in [0.25, 0.3) is 0 Å². The smallest absolute Gasteiger partial charge is 0.218 e. The van der Waals surface area contributed by atoms with Crippen LogP contribution >= 0.6 is 0 Å². The number of nitrogens with two attached hydrogens (primary N) is 1. The second kappa shape index (κ2) is 9.74. The highest BCUT2D eigenvalue weighted by Gasteiger charge is 2.28. The predicted octanol–water partition coefficient (Wildman–Crippen LogP) is 3.13. The van der Waals surface area contributed by atoms with Crippen molar-refractivity contribution in [1.82, 2.24) is 9.88 Å². The summed E-state index contributed by atoms with van der Waals surface area (Å²) in [6.07, 6.45) is 6.33. The van der Waals surface area contributed by atoms with Crippen molar-refractivity contribution in [2.45, 2.75) is 51.7 Å². The molecule has 0 radical (unpaired) electrons. The van der Waals surface area contributed by atoms with Crippen LogP contribution in [0.4, 0.5) is 5.69 Å². The fraction of sp³-hybridized carbons (Fsp3) is 0.478. The first-order valence-electron chi connectivity index (χ1n) is 10.3. The van der Waals surface area contributed by atoms with Gasteiger partial charge in [-0.15, -0.1) is 0 Å². The Labute approximate surface area is 173 Å². The van der Waals surface area contributed by atoms with E-state index in [0.29, 0.717) is 12.5 Å². The van der Waals surface area contributed by atoms with Crippen LogP contribution < -0.4 is 15.4 Å². The molecule has 1 saturated heterocycles. The van der Waals surface area contributed by atoms with Gasteiger partial charge in [-0.25, -0.2) is 0 Å². The highest BCUT2D eigenvalue weighted by molar-refractivity contribution is 5.74. The molecule has 1 aromatic carbocycles. The van der Waals surface area contributed by atoms with Gasteiger partial charge >= 0.3 is 0 Å². The number of primary amides is 1. The summed E-state index contributed by atoms with van der Waals surface area (Å²) in [4.78, 5) is 20.5. The molecule has 3 rings (SSSR count). The number of methoxy groups -OCH3 is 1. The number of anilines is 1. The van der Waals surface area contributed by atoms with Crippen LogP contribution in [0.15, 0.2) is 42.7 Å². The van der Waals surface area contributed by atoms with Crippen molar-refractivity contribution in [3.8, 4) is 5.75 Å². The first-order chi connectivity index (χ1) is 14.0. The third-order valence-corrected chi connectivity index (χ3v) is 5.95. The number of nitrogens with zero attached hydrogens (tertiary/aromatic N) is 3. The lowest BCUT2D eigenvalue weighted by molar-refractivity contribution is -0.119. The average Bonchev–Trinajstić information content (AvgIpc) is 2.73. The first kappa shape index (κ1) is 21.1. The molecule has 0 saturated carbocycles. The maximum atomic E-state index is 11.3. The summed E-state index contributed by atoms with van der Waals surface area (Å²) >= 11 is 0. The minimum absolute atomic E-state index is 0.198. The summed E-state index contributed by atoms with van der Waals surface area (Å²) < 4.78 is 5.33. The van der Waals surface area contributed by atoms with Crippen LogP contribution in [-0.4, -0.2) is 48.1 Å². The number of ether oxygens (including phenoxy) is 1. The maximum absolute atomic E-state index is 11.3. The van der Waals surface area contributed by atoms with E-state index in [1.54, 1.807) is 7.11 Å². The molecule has 2 heterocycles. The summed E-state index contributed by atoms with van der Waals surface area (Å²) in [5.74, 6) is 0.632. The van der Waals surface area contributed by atoms with Gasteiger partial charge in [0.2, 0.25) is 5.91 Å². The van der Waals surface area contributed by atoms with Crippen LogP contribution in [0.2, 0.25) is 0 Å². The molecule has 2 N–H and O–H groups in total. The van der Waals surface area contributed by atoms with Gasteiger partial charge in [-0.1, -0.05) is 0 Å². The number of aromatic nitrogens is 1. The zero-order chi connectivity index (χ0) is 20.8. The third-order valence-electron chi connectivity index (χ3n) is 5.95. The van der Waals surface area contributed by atoms with Gasteiger partial charge in [-0.3, -0.25) is 14.7 Å². The Kier molecular flexibility index (Phi) is 7.09. The summed E-state index contributed by atoms with van der Waals surface area (Å²) in [5.41, 5.74) is 9.08. The van der Waals surface area contributed by atoms with Crippen molar-refractivity contribution >= 4 is 11.6 Å². The quantitative estimate of drug-likeness (QED) is 0.742. The van der Waals surface area contributed by atoms with Crippen molar-refractivity contribution < 1.29 is 9.53 Å². The number of pyridine rings is 1. The Hall–Kier alpha value is -2.60. The summed E-state index contributed by atoms with van der Waals surface area (Å²) in [5, 5.41) is 0. The summed E-state index contributed by atoms with van der Waals surface area (Å²) in [7, 11) is 1.69. The monoisotopic (exact) mass is 396 g/mol. The van der Waals surface area contributed by atoms with Crippen molar-refractivity contribution in [3.63, 3.8) is 0 Å². The molecule has 1 amide bonds. The van der Waals surface area contributed by atoms with Crippen LogP contribution in [0, 0.1) is 6.92 Å². The highest BCUT2D eigenvalue weighted by atomic mass is 16.5. The largest absolute Gasteiger partial charge is 0.497 e. The van der Waals surface area contributed by atoms with E-state index in [2.05, 4.69) is 46.8 Å². The standard InChI is InChI=1S/C23H32N4O2/c1-17-8-11-25-15-19(17)16-27(20-4-6-22(29-3)7-5-20)21-9-12-26(13-10-21)18(2)14-23(24)28/h4-8,11,15,18,21H,9-10,12-14,16H2,1-3H3,(H2,24,28)/t18-/m1/s1. The minimum Gasteiger partial charge on any atom is -0.497 e. The van der Waals surface area contributed by atoms with Gasteiger partial charge in [0.05, 0.1) is 7.11 Å². The number of hydrogen-bond acceptors (Lipinski definition) is 5. The van der Waals surface area contributed by atoms with E-state index < -0.39 is 0 Å². The molecule has 1 aliphatic heterocycles. The van der Waals surface area contributed by atoms with Crippen molar-refractivity contribution in [3.05, 3.63) is 53.9 Å². The van der Waals surface area contributed by atoms with Gasteiger partial charge in [-0.05, 0) is 68.1 Å². The molecule has 29 heavy (non-hydrogen) atoms. The molecule has 1 fully saturated rings. The second-order valence-corrected chi connectivity index (χ2v) is 7.91. The van der Waals surface area contributed by atoms with E-state index in [-0.39, 0.29) is 11.9 Å². The van der Waals surface area contributed by atoms with E-state index in [1.807, 2.05) is 24.5 Å². The van der Waals surface area contributed by atoms with Gasteiger partial charge in [0, 0.05) is 56.2 Å². The Morgan fingerprint density at radius 1 is 1.28 bits per heavy atom. The zero-order valence-electron chi connectivity index (χ0n) is 17.7. The fourth-order valence-corrected chi connectivity index (χ4v) is 4.11. The fourth-order valence-electron chi connectivity index (χ4n) is 4.11. The van der Waals surface area contributed by atoms with Gasteiger partial charge in [0.15, 0.2) is 0 Å². The number of benzene rings is 1. The van der Waals surface area contributed by atoms with E-state index >= 15 is 0 Å². The highest BCUT2D eigenvalue weighted by Crippen LogP contribution is 2.28. The van der Waals surface area contributed by atoms with Crippen molar-refractivity contribution in [1.29, 1.82) is 0 Å². The number of likely N-dealkylation sites (tertiary alicyclic amines) is 1. The van der Waals surface area contributed by atoms with Crippen molar-refractivity contribution in [2.75, 3.05) is 25.1 Å². The SMILES string of the molecule is COc1ccc(N(Cc2cnccc2C)C2CCN([C@H](C)CC(N)=O)CC2)cc1. The number of carbonyl (C=O) groups is 1. The molecular formula is C23H32N4O2.